The number of hydrogen-bond acceptors (Lipinski definition) is 2. The molecule has 0 atom stereocenters. The molecule has 1 aromatic carbocycles. The van der Waals surface area contributed by atoms with Gasteiger partial charge in [-0.15, -0.1) is 0 Å². The van der Waals surface area contributed by atoms with Crippen LogP contribution in [0.2, 0.25) is 0 Å². The molecule has 7 heteroatoms. The molecule has 0 aliphatic rings. The predicted octanol–water partition coefficient (Wildman–Crippen LogP) is 4.29. The number of rotatable bonds is 2. The van der Waals surface area contributed by atoms with E-state index in [0.717, 1.165) is 0 Å². The second kappa shape index (κ2) is 5.05. The van der Waals surface area contributed by atoms with Gasteiger partial charge in [0.2, 0.25) is 5.17 Å². The molecule has 0 aliphatic heterocycles. The van der Waals surface area contributed by atoms with Crippen molar-refractivity contribution >= 4 is 38.4 Å². The highest BCUT2D eigenvalue weighted by Gasteiger charge is 2.34. The molecule has 0 amide bonds. The second-order valence-corrected chi connectivity index (χ2v) is 4.02. The van der Waals surface area contributed by atoms with E-state index in [0.29, 0.717) is 10.2 Å². The quantitative estimate of drug-likeness (QED) is 0.746. The Labute approximate surface area is 103 Å². The molecular weight excluding hydrogens is 310 g/mol. The second-order valence-electron chi connectivity index (χ2n) is 2.75. The van der Waals surface area contributed by atoms with E-state index in [1.165, 1.54) is 19.2 Å². The minimum Gasteiger partial charge on any atom is -0.497 e. The first-order chi connectivity index (χ1) is 7.32. The average molecular weight is 317 g/mol. The zero-order valence-corrected chi connectivity index (χ0v) is 10.3. The summed E-state index contributed by atoms with van der Waals surface area (Å²) in [4.78, 5) is 3.25. The van der Waals surface area contributed by atoms with Crippen molar-refractivity contribution in [1.82, 2.24) is 0 Å². The van der Waals surface area contributed by atoms with Crippen LogP contribution in [0.3, 0.4) is 0 Å². The summed E-state index contributed by atoms with van der Waals surface area (Å²) in [5, 5.41) is -1.42. The van der Waals surface area contributed by atoms with Gasteiger partial charge < -0.3 is 4.74 Å². The molecule has 0 saturated carbocycles. The number of nitrogens with zero attached hydrogens (tertiary/aromatic N) is 1. The molecule has 0 N–H and O–H groups in total. The summed E-state index contributed by atoms with van der Waals surface area (Å²) >= 11 is 8.13. The van der Waals surface area contributed by atoms with Gasteiger partial charge in [0.15, 0.2) is 0 Å². The topological polar surface area (TPSA) is 21.6 Å². The number of methoxy groups -OCH3 is 1. The lowest BCUT2D eigenvalue weighted by Crippen LogP contribution is -2.16. The Balaban J connectivity index is 3.10. The molecule has 0 bridgehead atoms. The molecule has 88 valence electrons. The van der Waals surface area contributed by atoms with E-state index in [4.69, 9.17) is 16.3 Å². The van der Waals surface area contributed by atoms with Gasteiger partial charge in [0.25, 0.3) is 0 Å². The van der Waals surface area contributed by atoms with E-state index < -0.39 is 11.3 Å². The smallest absolute Gasteiger partial charge is 0.444 e. The third-order valence-corrected chi connectivity index (χ3v) is 2.31. The van der Waals surface area contributed by atoms with Gasteiger partial charge in [-0.05, 0) is 12.1 Å². The van der Waals surface area contributed by atoms with Crippen LogP contribution in [-0.4, -0.2) is 18.5 Å². The van der Waals surface area contributed by atoms with E-state index in [1.54, 1.807) is 6.07 Å². The number of benzene rings is 1. The minimum absolute atomic E-state index is 0.0635. The molecule has 1 rings (SSSR count). The lowest BCUT2D eigenvalue weighted by atomic mass is 10.3. The fraction of sp³-hybridized carbons (Fsp3) is 0.222. The molecule has 0 saturated heterocycles. The van der Waals surface area contributed by atoms with Crippen molar-refractivity contribution in [2.24, 2.45) is 4.99 Å². The maximum atomic E-state index is 12.1. The Morgan fingerprint density at radius 3 is 2.50 bits per heavy atom. The van der Waals surface area contributed by atoms with Gasteiger partial charge >= 0.3 is 6.18 Å². The van der Waals surface area contributed by atoms with Crippen molar-refractivity contribution < 1.29 is 17.9 Å². The molecule has 0 aromatic heterocycles. The van der Waals surface area contributed by atoms with Crippen molar-refractivity contribution in [3.63, 3.8) is 0 Å². The number of ether oxygens (including phenoxy) is 1. The van der Waals surface area contributed by atoms with Gasteiger partial charge in [0.1, 0.15) is 5.75 Å². The lowest BCUT2D eigenvalue weighted by Gasteiger charge is -2.05. The standard InChI is InChI=1S/C9H6BrClF3NO/c1-16-7-3-5(10)2-6(4-7)15-8(11)9(12,13)14/h2-4H,1H3. The summed E-state index contributed by atoms with van der Waals surface area (Å²) in [5.41, 5.74) is 0.0635. The van der Waals surface area contributed by atoms with Gasteiger partial charge in [-0.25, -0.2) is 4.99 Å². The Morgan fingerprint density at radius 2 is 2.00 bits per heavy atom. The van der Waals surface area contributed by atoms with E-state index in [1.807, 2.05) is 0 Å². The van der Waals surface area contributed by atoms with Crippen LogP contribution in [0.5, 0.6) is 5.75 Å². The van der Waals surface area contributed by atoms with Crippen LogP contribution in [0.4, 0.5) is 18.9 Å². The Kier molecular flexibility index (Phi) is 4.21. The molecule has 0 unspecified atom stereocenters. The zero-order chi connectivity index (χ0) is 12.3. The summed E-state index contributed by atoms with van der Waals surface area (Å²) < 4.78 is 41.8. The van der Waals surface area contributed by atoms with Crippen LogP contribution in [-0.2, 0) is 0 Å². The highest BCUT2D eigenvalue weighted by Crippen LogP contribution is 2.29. The van der Waals surface area contributed by atoms with Gasteiger partial charge in [-0.1, -0.05) is 27.5 Å². The Hall–Kier alpha value is -0.750. The van der Waals surface area contributed by atoms with Crippen molar-refractivity contribution in [2.75, 3.05) is 7.11 Å². The normalized spacial score (nSPS) is 12.8. The van der Waals surface area contributed by atoms with Crippen LogP contribution >= 0.6 is 27.5 Å². The van der Waals surface area contributed by atoms with Crippen LogP contribution in [0.15, 0.2) is 27.7 Å². The molecular formula is C9H6BrClF3NO. The fourth-order valence-corrected chi connectivity index (χ4v) is 1.46. The first-order valence-corrected chi connectivity index (χ1v) is 5.16. The van der Waals surface area contributed by atoms with Gasteiger partial charge in [0, 0.05) is 10.5 Å². The monoisotopic (exact) mass is 315 g/mol. The predicted molar refractivity (Wildman–Crippen MR) is 59.7 cm³/mol. The van der Waals surface area contributed by atoms with E-state index in [-0.39, 0.29) is 5.69 Å². The summed E-state index contributed by atoms with van der Waals surface area (Å²) in [5.74, 6) is 0.389. The molecule has 1 aromatic rings. The third-order valence-electron chi connectivity index (χ3n) is 1.55. The molecule has 0 radical (unpaired) electrons. The Bertz CT molecular complexity index is 420. The molecule has 0 aliphatic carbocycles. The number of halogens is 5. The van der Waals surface area contributed by atoms with Gasteiger partial charge in [-0.3, -0.25) is 0 Å². The van der Waals surface area contributed by atoms with Crippen molar-refractivity contribution in [2.45, 2.75) is 6.18 Å². The third kappa shape index (κ3) is 3.68. The summed E-state index contributed by atoms with van der Waals surface area (Å²) in [6.07, 6.45) is -4.64. The first kappa shape index (κ1) is 13.3. The van der Waals surface area contributed by atoms with Crippen LogP contribution in [0, 0.1) is 0 Å². The van der Waals surface area contributed by atoms with E-state index >= 15 is 0 Å². The van der Waals surface area contributed by atoms with Crippen LogP contribution in [0.1, 0.15) is 0 Å². The summed E-state index contributed by atoms with van der Waals surface area (Å²) in [6, 6.07) is 4.34. The number of aliphatic imine (C=N–C) groups is 1. The maximum Gasteiger partial charge on any atom is 0.444 e. The van der Waals surface area contributed by atoms with Crippen LogP contribution in [0.25, 0.3) is 0 Å². The molecule has 16 heavy (non-hydrogen) atoms. The highest BCUT2D eigenvalue weighted by atomic mass is 79.9. The molecule has 0 spiro atoms. The summed E-state index contributed by atoms with van der Waals surface area (Å²) in [6.45, 7) is 0. The average Bonchev–Trinajstić information content (AvgIpc) is 2.15. The zero-order valence-electron chi connectivity index (χ0n) is 7.98. The first-order valence-electron chi connectivity index (χ1n) is 3.99. The van der Waals surface area contributed by atoms with Crippen molar-refractivity contribution in [3.05, 3.63) is 22.7 Å². The summed E-state index contributed by atoms with van der Waals surface area (Å²) in [7, 11) is 1.40. The van der Waals surface area contributed by atoms with Crippen molar-refractivity contribution in [3.8, 4) is 5.75 Å². The molecule has 0 fully saturated rings. The highest BCUT2D eigenvalue weighted by molar-refractivity contribution is 9.10. The van der Waals surface area contributed by atoms with E-state index in [2.05, 4.69) is 20.9 Å². The maximum absolute atomic E-state index is 12.1. The lowest BCUT2D eigenvalue weighted by molar-refractivity contribution is -0.0558. The minimum atomic E-state index is -4.64. The SMILES string of the molecule is COc1cc(Br)cc(N=C(Cl)C(F)(F)F)c1. The van der Waals surface area contributed by atoms with Gasteiger partial charge in [0.05, 0.1) is 12.8 Å². The largest absolute Gasteiger partial charge is 0.497 e. The molecule has 0 heterocycles. The van der Waals surface area contributed by atoms with Crippen molar-refractivity contribution in [1.29, 1.82) is 0 Å². The molecule has 2 nitrogen and oxygen atoms in total. The van der Waals surface area contributed by atoms with Crippen LogP contribution < -0.4 is 4.74 Å². The fourth-order valence-electron chi connectivity index (χ4n) is 0.907. The number of alkyl halides is 3. The van der Waals surface area contributed by atoms with E-state index in [9.17, 15) is 13.2 Å². The number of hydrogen-bond donors (Lipinski definition) is 0. The van der Waals surface area contributed by atoms with Gasteiger partial charge in [-0.2, -0.15) is 13.2 Å². The Morgan fingerprint density at radius 1 is 1.38 bits per heavy atom.